The van der Waals surface area contributed by atoms with Gasteiger partial charge < -0.3 is 10.1 Å². The molecule has 1 N–H and O–H groups in total. The molecule has 0 saturated carbocycles. The Kier molecular flexibility index (Phi) is 4.53. The zero-order valence-electron chi connectivity index (χ0n) is 11.2. The summed E-state index contributed by atoms with van der Waals surface area (Å²) in [4.78, 5) is 0. The smallest absolute Gasteiger partial charge is 0.123 e. The summed E-state index contributed by atoms with van der Waals surface area (Å²) in [6.45, 7) is 2.70. The number of hydrogen-bond acceptors (Lipinski definition) is 2. The molecule has 2 aromatic rings. The van der Waals surface area contributed by atoms with Gasteiger partial charge in [-0.15, -0.1) is 0 Å². The largest absolute Gasteiger partial charge is 0.496 e. The van der Waals surface area contributed by atoms with Crippen LogP contribution < -0.4 is 10.1 Å². The van der Waals surface area contributed by atoms with E-state index >= 15 is 0 Å². The highest BCUT2D eigenvalue weighted by atomic mass is 19.1. The molecule has 2 aromatic carbocycles. The highest BCUT2D eigenvalue weighted by molar-refractivity contribution is 5.33. The van der Waals surface area contributed by atoms with Gasteiger partial charge in [0.25, 0.3) is 0 Å². The van der Waals surface area contributed by atoms with Crippen molar-refractivity contribution >= 4 is 0 Å². The number of methoxy groups -OCH3 is 1. The molecule has 0 spiro atoms. The molecule has 0 aromatic heterocycles. The third kappa shape index (κ3) is 3.55. The van der Waals surface area contributed by atoms with Gasteiger partial charge in [-0.1, -0.05) is 30.3 Å². The predicted octanol–water partition coefficient (Wildman–Crippen LogP) is 3.69. The molecule has 0 saturated heterocycles. The number of nitrogens with one attached hydrogen (secondary N) is 1. The molecule has 0 amide bonds. The SMILES string of the molecule is COc1ccccc1CN[C@@H](C)c1cccc(F)c1. The lowest BCUT2D eigenvalue weighted by molar-refractivity contribution is 0.406. The molecule has 0 heterocycles. The minimum Gasteiger partial charge on any atom is -0.496 e. The zero-order valence-corrected chi connectivity index (χ0v) is 11.2. The molecule has 0 aliphatic rings. The third-order valence-corrected chi connectivity index (χ3v) is 3.14. The monoisotopic (exact) mass is 259 g/mol. The number of ether oxygens (including phenoxy) is 1. The highest BCUT2D eigenvalue weighted by Gasteiger charge is 2.07. The minimum absolute atomic E-state index is 0.0839. The predicted molar refractivity (Wildman–Crippen MR) is 74.6 cm³/mol. The Balaban J connectivity index is 2.02. The van der Waals surface area contributed by atoms with Crippen molar-refractivity contribution in [3.05, 3.63) is 65.5 Å². The summed E-state index contributed by atoms with van der Waals surface area (Å²) in [6.07, 6.45) is 0. The first-order valence-electron chi connectivity index (χ1n) is 6.31. The fourth-order valence-corrected chi connectivity index (χ4v) is 2.01. The van der Waals surface area contributed by atoms with Crippen molar-refractivity contribution in [1.29, 1.82) is 0 Å². The lowest BCUT2D eigenvalue weighted by Gasteiger charge is -2.15. The lowest BCUT2D eigenvalue weighted by atomic mass is 10.1. The number of hydrogen-bond donors (Lipinski definition) is 1. The summed E-state index contributed by atoms with van der Waals surface area (Å²) in [7, 11) is 1.66. The van der Waals surface area contributed by atoms with Gasteiger partial charge in [0.05, 0.1) is 7.11 Å². The van der Waals surface area contributed by atoms with Crippen LogP contribution in [0.25, 0.3) is 0 Å². The number of rotatable bonds is 5. The molecule has 0 aliphatic carbocycles. The van der Waals surface area contributed by atoms with Crippen LogP contribution in [0.3, 0.4) is 0 Å². The third-order valence-electron chi connectivity index (χ3n) is 3.14. The molecule has 1 atom stereocenters. The van der Waals surface area contributed by atoms with Gasteiger partial charge in [0.2, 0.25) is 0 Å². The van der Waals surface area contributed by atoms with Gasteiger partial charge in [0, 0.05) is 18.2 Å². The first-order valence-corrected chi connectivity index (χ1v) is 6.31. The van der Waals surface area contributed by atoms with Gasteiger partial charge in [0.15, 0.2) is 0 Å². The van der Waals surface area contributed by atoms with E-state index in [1.165, 1.54) is 6.07 Å². The van der Waals surface area contributed by atoms with Crippen molar-refractivity contribution in [1.82, 2.24) is 5.32 Å². The van der Waals surface area contributed by atoms with Gasteiger partial charge >= 0.3 is 0 Å². The Bertz CT molecular complexity index is 542. The zero-order chi connectivity index (χ0) is 13.7. The van der Waals surface area contributed by atoms with Crippen LogP contribution in [-0.4, -0.2) is 7.11 Å². The van der Waals surface area contributed by atoms with Crippen molar-refractivity contribution in [2.24, 2.45) is 0 Å². The molecule has 0 aliphatic heterocycles. The molecule has 100 valence electrons. The van der Waals surface area contributed by atoms with Crippen LogP contribution in [0.4, 0.5) is 4.39 Å². The number of halogens is 1. The summed E-state index contributed by atoms with van der Waals surface area (Å²) in [6, 6.07) is 14.6. The molecule has 0 fully saturated rings. The Morgan fingerprint density at radius 1 is 1.16 bits per heavy atom. The molecule has 0 radical (unpaired) electrons. The second-order valence-electron chi connectivity index (χ2n) is 4.47. The van der Waals surface area contributed by atoms with Crippen molar-refractivity contribution in [3.8, 4) is 5.75 Å². The second-order valence-corrected chi connectivity index (χ2v) is 4.47. The van der Waals surface area contributed by atoms with Crippen molar-refractivity contribution in [2.45, 2.75) is 19.5 Å². The summed E-state index contributed by atoms with van der Waals surface area (Å²) in [5.41, 5.74) is 2.03. The van der Waals surface area contributed by atoms with E-state index in [2.05, 4.69) is 5.32 Å². The van der Waals surface area contributed by atoms with E-state index < -0.39 is 0 Å². The first kappa shape index (κ1) is 13.6. The fourth-order valence-electron chi connectivity index (χ4n) is 2.01. The van der Waals surface area contributed by atoms with Gasteiger partial charge in [-0.2, -0.15) is 0 Å². The van der Waals surface area contributed by atoms with E-state index in [0.717, 1.165) is 16.9 Å². The van der Waals surface area contributed by atoms with Crippen LogP contribution in [0.5, 0.6) is 5.75 Å². The molecule has 2 rings (SSSR count). The second kappa shape index (κ2) is 6.34. The fraction of sp³-hybridized carbons (Fsp3) is 0.250. The summed E-state index contributed by atoms with van der Waals surface area (Å²) < 4.78 is 18.5. The van der Waals surface area contributed by atoms with E-state index in [-0.39, 0.29) is 11.9 Å². The van der Waals surface area contributed by atoms with Gasteiger partial charge in [-0.3, -0.25) is 0 Å². The summed E-state index contributed by atoms with van der Waals surface area (Å²) >= 11 is 0. The van der Waals surface area contributed by atoms with E-state index in [4.69, 9.17) is 4.74 Å². The molecule has 3 heteroatoms. The van der Waals surface area contributed by atoms with Crippen LogP contribution in [-0.2, 0) is 6.54 Å². The van der Waals surface area contributed by atoms with E-state index in [1.807, 2.05) is 37.3 Å². The van der Waals surface area contributed by atoms with Crippen LogP contribution in [0.1, 0.15) is 24.1 Å². The quantitative estimate of drug-likeness (QED) is 0.884. The Hall–Kier alpha value is -1.87. The van der Waals surface area contributed by atoms with Crippen LogP contribution in [0.15, 0.2) is 48.5 Å². The Morgan fingerprint density at radius 2 is 1.95 bits per heavy atom. The molecular formula is C16H18FNO. The van der Waals surface area contributed by atoms with E-state index in [9.17, 15) is 4.39 Å². The normalized spacial score (nSPS) is 12.2. The average molecular weight is 259 g/mol. The van der Waals surface area contributed by atoms with Crippen molar-refractivity contribution in [3.63, 3.8) is 0 Å². The maximum atomic E-state index is 13.2. The molecule has 0 bridgehead atoms. The maximum absolute atomic E-state index is 13.2. The van der Waals surface area contributed by atoms with Crippen LogP contribution in [0, 0.1) is 5.82 Å². The van der Waals surface area contributed by atoms with E-state index in [0.29, 0.717) is 6.54 Å². The molecule has 2 nitrogen and oxygen atoms in total. The standard InChI is InChI=1S/C16H18FNO/c1-12(13-7-5-8-15(17)10-13)18-11-14-6-3-4-9-16(14)19-2/h3-10,12,18H,11H2,1-2H3/t12-/m0/s1. The van der Waals surface area contributed by atoms with E-state index in [1.54, 1.807) is 19.2 Å². The lowest BCUT2D eigenvalue weighted by Crippen LogP contribution is -2.18. The van der Waals surface area contributed by atoms with Crippen molar-refractivity contribution in [2.75, 3.05) is 7.11 Å². The summed E-state index contributed by atoms with van der Waals surface area (Å²) in [5.74, 6) is 0.657. The average Bonchev–Trinajstić information content (AvgIpc) is 2.45. The van der Waals surface area contributed by atoms with Crippen LogP contribution in [0.2, 0.25) is 0 Å². The Morgan fingerprint density at radius 3 is 2.68 bits per heavy atom. The molecule has 0 unspecified atom stereocenters. The molecule has 19 heavy (non-hydrogen) atoms. The summed E-state index contributed by atoms with van der Waals surface area (Å²) in [5, 5.41) is 3.37. The van der Waals surface area contributed by atoms with Crippen LogP contribution >= 0.6 is 0 Å². The topological polar surface area (TPSA) is 21.3 Å². The molecular weight excluding hydrogens is 241 g/mol. The van der Waals surface area contributed by atoms with Gasteiger partial charge in [0.1, 0.15) is 11.6 Å². The maximum Gasteiger partial charge on any atom is 0.123 e. The van der Waals surface area contributed by atoms with Gasteiger partial charge in [-0.25, -0.2) is 4.39 Å². The Labute approximate surface area is 113 Å². The number of para-hydroxylation sites is 1. The first-order chi connectivity index (χ1) is 9.20. The van der Waals surface area contributed by atoms with Crippen molar-refractivity contribution < 1.29 is 9.13 Å². The highest BCUT2D eigenvalue weighted by Crippen LogP contribution is 2.19. The van der Waals surface area contributed by atoms with Gasteiger partial charge in [-0.05, 0) is 30.7 Å². The minimum atomic E-state index is -0.205. The number of benzene rings is 2.